The Morgan fingerprint density at radius 1 is 1.14 bits per heavy atom. The number of fused-ring (bicyclic) bond motifs is 3. The van der Waals surface area contributed by atoms with Crippen LogP contribution in [0.5, 0.6) is 5.75 Å². The summed E-state index contributed by atoms with van der Waals surface area (Å²) in [5.41, 5.74) is 5.41. The van der Waals surface area contributed by atoms with Crippen LogP contribution in [-0.2, 0) is 11.3 Å². The molecular weight excluding hydrogens is 574 g/mol. The molecule has 220 valence electrons. The number of aliphatic carboxylic acids is 1. The molecule has 42 heavy (non-hydrogen) atoms. The molecule has 16 heteroatoms. The van der Waals surface area contributed by atoms with E-state index in [1.54, 1.807) is 21.6 Å². The quantitative estimate of drug-likeness (QED) is 0.270. The molecule has 1 saturated heterocycles. The van der Waals surface area contributed by atoms with Gasteiger partial charge in [-0.15, -0.1) is 5.10 Å². The lowest BCUT2D eigenvalue weighted by molar-refractivity contribution is -0.152. The van der Waals surface area contributed by atoms with Gasteiger partial charge in [-0.1, -0.05) is 11.3 Å². The van der Waals surface area contributed by atoms with Crippen molar-refractivity contribution in [3.63, 3.8) is 0 Å². The molecule has 6 rings (SSSR count). The van der Waals surface area contributed by atoms with Crippen molar-refractivity contribution in [1.29, 1.82) is 0 Å². The van der Waals surface area contributed by atoms with Crippen LogP contribution in [0, 0.1) is 11.6 Å². The zero-order valence-corrected chi connectivity index (χ0v) is 23.4. The summed E-state index contributed by atoms with van der Waals surface area (Å²) in [4.78, 5) is 37.0. The molecule has 13 nitrogen and oxygen atoms in total. The van der Waals surface area contributed by atoms with Gasteiger partial charge in [-0.05, 0) is 26.0 Å². The number of hydrogen-bond donors (Lipinski definition) is 2. The van der Waals surface area contributed by atoms with Gasteiger partial charge in [0.15, 0.2) is 34.2 Å². The third-order valence-corrected chi connectivity index (χ3v) is 8.06. The number of ether oxygens (including phenoxy) is 1. The summed E-state index contributed by atoms with van der Waals surface area (Å²) in [6, 6.07) is 5.34. The van der Waals surface area contributed by atoms with Crippen molar-refractivity contribution in [2.24, 2.45) is 0 Å². The lowest BCUT2D eigenvalue weighted by Crippen LogP contribution is -2.47. The Morgan fingerprint density at radius 3 is 2.60 bits per heavy atom. The van der Waals surface area contributed by atoms with Crippen LogP contribution in [0.2, 0.25) is 0 Å². The van der Waals surface area contributed by atoms with Gasteiger partial charge in [-0.25, -0.2) is 18.6 Å². The normalized spacial score (nSPS) is 14.7. The summed E-state index contributed by atoms with van der Waals surface area (Å²) in [6.45, 7) is 5.36. The van der Waals surface area contributed by atoms with Crippen LogP contribution in [-0.4, -0.2) is 78.4 Å². The Kier molecular flexibility index (Phi) is 6.81. The maximum Gasteiger partial charge on any atom is 0.347 e. The minimum atomic E-state index is -1.69. The highest BCUT2D eigenvalue weighted by atomic mass is 32.1. The van der Waals surface area contributed by atoms with E-state index in [1.165, 1.54) is 30.7 Å². The average molecular weight is 601 g/mol. The van der Waals surface area contributed by atoms with Crippen LogP contribution in [0.15, 0.2) is 39.7 Å². The van der Waals surface area contributed by atoms with E-state index in [0.717, 1.165) is 11.3 Å². The molecule has 5 heterocycles. The van der Waals surface area contributed by atoms with Crippen LogP contribution >= 0.6 is 11.3 Å². The first-order valence-corrected chi connectivity index (χ1v) is 13.8. The number of anilines is 2. The van der Waals surface area contributed by atoms with E-state index >= 15 is 0 Å². The Morgan fingerprint density at radius 2 is 1.90 bits per heavy atom. The molecule has 1 fully saturated rings. The van der Waals surface area contributed by atoms with Crippen molar-refractivity contribution in [3.8, 4) is 17.3 Å². The number of nitrogens with zero attached hydrogens (tertiary/aromatic N) is 7. The van der Waals surface area contributed by atoms with Gasteiger partial charge in [0.25, 0.3) is 0 Å². The van der Waals surface area contributed by atoms with Gasteiger partial charge < -0.3 is 24.9 Å². The van der Waals surface area contributed by atoms with Crippen molar-refractivity contribution in [1.82, 2.24) is 29.0 Å². The van der Waals surface area contributed by atoms with Gasteiger partial charge in [0.1, 0.15) is 10.5 Å². The molecule has 1 aliphatic rings. The molecule has 0 bridgehead atoms. The van der Waals surface area contributed by atoms with Crippen LogP contribution < -0.4 is 20.2 Å². The number of carboxylic acid groups (broad SMARTS) is 1. The van der Waals surface area contributed by atoms with Gasteiger partial charge in [0.05, 0.1) is 12.0 Å². The lowest BCUT2D eigenvalue weighted by atomic mass is 10.1. The first kappa shape index (κ1) is 27.6. The number of halogens is 2. The molecule has 4 aromatic heterocycles. The van der Waals surface area contributed by atoms with E-state index in [2.05, 4.69) is 20.0 Å². The Labute approximate surface area is 240 Å². The van der Waals surface area contributed by atoms with Gasteiger partial charge in [0, 0.05) is 51.4 Å². The number of furan rings is 1. The van der Waals surface area contributed by atoms with Gasteiger partial charge >= 0.3 is 10.8 Å². The number of benzene rings is 1. The smallest absolute Gasteiger partial charge is 0.347 e. The number of nitrogens with two attached hydrogens (primary N) is 1. The number of thiazole rings is 1. The number of carboxylic acids is 1. The number of piperazine rings is 1. The molecule has 0 saturated carbocycles. The SMILES string of the molecule is CC(C)(Oc1cc(N2CCN(CCn3c(=O)sc4c3nc(N)n3nc(-c5ccco5)nc43)CC2)c(F)cc1F)C(=O)O. The third-order valence-electron chi connectivity index (χ3n) is 7.09. The maximum absolute atomic E-state index is 14.7. The zero-order valence-electron chi connectivity index (χ0n) is 22.6. The second-order valence-corrected chi connectivity index (χ2v) is 11.2. The van der Waals surface area contributed by atoms with Crippen molar-refractivity contribution < 1.29 is 27.8 Å². The Hall–Kier alpha value is -4.57. The molecule has 1 aliphatic heterocycles. The molecule has 0 spiro atoms. The highest BCUT2D eigenvalue weighted by molar-refractivity contribution is 7.17. The standard InChI is InChI=1S/C26H26F2N8O5S/c1-26(2,23(37)38)41-18-13-16(14(27)12-15(18)28)34-8-5-33(6-9-34)7-10-35-21-19(42-25(35)39)22-30-20(17-4-3-11-40-17)32-36(22)24(29)31-21/h3-4,11-13H,5-10H2,1-2H3,(H2,29,31)(H,37,38). The summed E-state index contributed by atoms with van der Waals surface area (Å²) in [7, 11) is 0. The third kappa shape index (κ3) is 4.92. The monoisotopic (exact) mass is 600 g/mol. The molecule has 0 aliphatic carbocycles. The molecular formula is C26H26F2N8O5S. The van der Waals surface area contributed by atoms with E-state index in [0.29, 0.717) is 72.9 Å². The van der Waals surface area contributed by atoms with Crippen LogP contribution in [0.4, 0.5) is 20.4 Å². The van der Waals surface area contributed by atoms with Crippen molar-refractivity contribution in [2.75, 3.05) is 43.4 Å². The predicted octanol–water partition coefficient (Wildman–Crippen LogP) is 2.69. The molecule has 0 unspecified atom stereocenters. The summed E-state index contributed by atoms with van der Waals surface area (Å²) in [5.74, 6) is -2.49. The minimum absolute atomic E-state index is 0.0828. The molecule has 0 radical (unpaired) electrons. The second-order valence-electron chi connectivity index (χ2n) is 10.3. The summed E-state index contributed by atoms with van der Waals surface area (Å²) in [6.07, 6.45) is 1.51. The number of aromatic nitrogens is 5. The fourth-order valence-corrected chi connectivity index (χ4v) is 5.68. The van der Waals surface area contributed by atoms with Crippen LogP contribution in [0.3, 0.4) is 0 Å². The fourth-order valence-electron chi connectivity index (χ4n) is 4.75. The molecule has 3 N–H and O–H groups in total. The summed E-state index contributed by atoms with van der Waals surface area (Å²) < 4.78 is 43.3. The Bertz CT molecular complexity index is 1860. The predicted molar refractivity (Wildman–Crippen MR) is 150 cm³/mol. The van der Waals surface area contributed by atoms with Crippen molar-refractivity contribution >= 4 is 44.9 Å². The molecule has 1 aromatic carbocycles. The van der Waals surface area contributed by atoms with E-state index in [-0.39, 0.29) is 22.3 Å². The summed E-state index contributed by atoms with van der Waals surface area (Å²) in [5, 5.41) is 13.7. The molecule has 0 amide bonds. The Balaban J connectivity index is 1.16. The van der Waals surface area contributed by atoms with Gasteiger partial charge in [-0.3, -0.25) is 14.3 Å². The van der Waals surface area contributed by atoms with E-state index in [1.807, 2.05) is 0 Å². The topological polar surface area (TPSA) is 157 Å². The van der Waals surface area contributed by atoms with E-state index in [9.17, 15) is 23.5 Å². The van der Waals surface area contributed by atoms with E-state index < -0.39 is 23.2 Å². The number of rotatable bonds is 8. The van der Waals surface area contributed by atoms with Crippen molar-refractivity contribution in [2.45, 2.75) is 26.0 Å². The minimum Gasteiger partial charge on any atom is -0.478 e. The van der Waals surface area contributed by atoms with E-state index in [4.69, 9.17) is 14.9 Å². The number of nitrogen functional groups attached to an aromatic ring is 1. The first-order chi connectivity index (χ1) is 20.0. The fraction of sp³-hybridized carbons (Fsp3) is 0.346. The highest BCUT2D eigenvalue weighted by Gasteiger charge is 2.32. The van der Waals surface area contributed by atoms with Crippen LogP contribution in [0.1, 0.15) is 13.8 Å². The van der Waals surface area contributed by atoms with Crippen LogP contribution in [0.25, 0.3) is 27.6 Å². The maximum atomic E-state index is 14.7. The molecule has 5 aromatic rings. The first-order valence-electron chi connectivity index (χ1n) is 13.0. The average Bonchev–Trinajstić information content (AvgIpc) is 3.69. The number of hydrogen-bond acceptors (Lipinski definition) is 11. The summed E-state index contributed by atoms with van der Waals surface area (Å²) >= 11 is 1.01. The largest absolute Gasteiger partial charge is 0.478 e. The molecule has 0 atom stereocenters. The van der Waals surface area contributed by atoms with Gasteiger partial charge in [0.2, 0.25) is 11.8 Å². The second kappa shape index (κ2) is 10.4. The highest BCUT2D eigenvalue weighted by Crippen LogP contribution is 2.31. The van der Waals surface area contributed by atoms with Crippen molar-refractivity contribution in [3.05, 3.63) is 51.8 Å². The van der Waals surface area contributed by atoms with Gasteiger partial charge in [-0.2, -0.15) is 9.50 Å². The zero-order chi connectivity index (χ0) is 29.8. The number of carbonyl (C=O) groups is 1. The lowest BCUT2D eigenvalue weighted by Gasteiger charge is -2.36.